The lowest BCUT2D eigenvalue weighted by molar-refractivity contribution is 0.0991. The highest BCUT2D eigenvalue weighted by atomic mass is 16.4. The Hall–Kier alpha value is -4.53. The molecule has 5 rings (SSSR count). The number of azo groups is 1. The van der Waals surface area contributed by atoms with Gasteiger partial charge in [0, 0.05) is 5.39 Å². The molecule has 9 heteroatoms. The van der Waals surface area contributed by atoms with Gasteiger partial charge >= 0.3 is 17.2 Å². The number of aryl methyl sites for hydroxylation is 1. The van der Waals surface area contributed by atoms with Crippen molar-refractivity contribution in [3.8, 4) is 5.88 Å². The molecule has 9 nitrogen and oxygen atoms in total. The molecule has 5 aromatic rings. The Morgan fingerprint density at radius 2 is 1.77 bits per heavy atom. The molecule has 3 aromatic heterocycles. The second-order valence-electron chi connectivity index (χ2n) is 6.95. The van der Waals surface area contributed by atoms with Crippen LogP contribution in [0.5, 0.6) is 5.88 Å². The average molecular weight is 415 g/mol. The topological polar surface area (TPSA) is 138 Å². The number of benzene rings is 2. The SMILES string of the molecule is Cc1ccc2c(c1)oc(=O)c1cc(C(=O)N=Nc3c(O)[nH]c4ccccc34)c(=O)oc12. The summed E-state index contributed by atoms with van der Waals surface area (Å²) in [5, 5.41) is 18.2. The Labute approximate surface area is 172 Å². The summed E-state index contributed by atoms with van der Waals surface area (Å²) in [4.78, 5) is 40.1. The molecule has 2 N–H and O–H groups in total. The van der Waals surface area contributed by atoms with E-state index in [1.807, 2.05) is 6.92 Å². The molecule has 152 valence electrons. The number of aromatic hydroxyl groups is 1. The van der Waals surface area contributed by atoms with E-state index in [4.69, 9.17) is 8.83 Å². The molecule has 1 amide bonds. The maximum atomic E-state index is 12.5. The summed E-state index contributed by atoms with van der Waals surface area (Å²) >= 11 is 0. The largest absolute Gasteiger partial charge is 0.493 e. The molecular weight excluding hydrogens is 402 g/mol. The molecule has 0 aliphatic rings. The number of rotatable bonds is 2. The van der Waals surface area contributed by atoms with Gasteiger partial charge in [-0.2, -0.15) is 0 Å². The molecule has 0 fully saturated rings. The average Bonchev–Trinajstić information content (AvgIpc) is 3.06. The van der Waals surface area contributed by atoms with Crippen LogP contribution in [-0.2, 0) is 0 Å². The van der Waals surface area contributed by atoms with Crippen molar-refractivity contribution in [1.29, 1.82) is 0 Å². The third-order valence-corrected chi connectivity index (χ3v) is 4.88. The quantitative estimate of drug-likeness (QED) is 0.250. The van der Waals surface area contributed by atoms with E-state index < -0.39 is 22.7 Å². The van der Waals surface area contributed by atoms with Gasteiger partial charge in [0.2, 0.25) is 5.88 Å². The number of amides is 1. The lowest BCUT2D eigenvalue weighted by Gasteiger charge is -2.03. The third-order valence-electron chi connectivity index (χ3n) is 4.88. The number of aromatic amines is 1. The van der Waals surface area contributed by atoms with Crippen LogP contribution in [0.1, 0.15) is 15.9 Å². The van der Waals surface area contributed by atoms with E-state index in [2.05, 4.69) is 15.2 Å². The molecule has 0 spiro atoms. The number of hydrogen-bond donors (Lipinski definition) is 2. The van der Waals surface area contributed by atoms with E-state index in [1.54, 1.807) is 42.5 Å². The molecule has 0 saturated carbocycles. The summed E-state index contributed by atoms with van der Waals surface area (Å²) in [6.45, 7) is 1.83. The number of H-pyrrole nitrogens is 1. The fourth-order valence-corrected chi connectivity index (χ4v) is 3.39. The van der Waals surface area contributed by atoms with Crippen LogP contribution in [0.15, 0.2) is 77.2 Å². The molecule has 0 aliphatic carbocycles. The summed E-state index contributed by atoms with van der Waals surface area (Å²) < 4.78 is 10.6. The number of hydrogen-bond acceptors (Lipinski definition) is 7. The monoisotopic (exact) mass is 415 g/mol. The lowest BCUT2D eigenvalue weighted by Crippen LogP contribution is -2.14. The number of nitrogens with one attached hydrogen (secondary N) is 1. The highest BCUT2D eigenvalue weighted by Crippen LogP contribution is 2.35. The zero-order valence-electron chi connectivity index (χ0n) is 16.0. The molecule has 2 aromatic carbocycles. The van der Waals surface area contributed by atoms with Crippen LogP contribution >= 0.6 is 0 Å². The molecule has 0 aliphatic heterocycles. The lowest BCUT2D eigenvalue weighted by atomic mass is 10.1. The summed E-state index contributed by atoms with van der Waals surface area (Å²) in [7, 11) is 0. The standard InChI is InChI=1S/C22H13N3O6/c1-10-6-7-12-16(8-10)30-21(28)13-9-14(22(29)31-18(12)13)19(26)25-24-17-11-4-2-3-5-15(11)23-20(17)27/h2-9,23,27H,1H3. The Kier molecular flexibility index (Phi) is 4.04. The van der Waals surface area contributed by atoms with Crippen molar-refractivity contribution in [1.82, 2.24) is 4.98 Å². The van der Waals surface area contributed by atoms with E-state index in [1.165, 1.54) is 0 Å². The van der Waals surface area contributed by atoms with Crippen molar-refractivity contribution in [3.05, 3.63) is 80.5 Å². The van der Waals surface area contributed by atoms with Crippen LogP contribution in [0.3, 0.4) is 0 Å². The van der Waals surface area contributed by atoms with Crippen molar-refractivity contribution in [3.63, 3.8) is 0 Å². The minimum Gasteiger partial charge on any atom is -0.493 e. The minimum atomic E-state index is -1.02. The zero-order valence-corrected chi connectivity index (χ0v) is 16.0. The summed E-state index contributed by atoms with van der Waals surface area (Å²) in [5.74, 6) is -1.30. The van der Waals surface area contributed by atoms with Crippen LogP contribution in [-0.4, -0.2) is 16.0 Å². The van der Waals surface area contributed by atoms with Gasteiger partial charge in [-0.3, -0.25) is 4.79 Å². The van der Waals surface area contributed by atoms with Crippen molar-refractivity contribution in [2.24, 2.45) is 10.2 Å². The summed E-state index contributed by atoms with van der Waals surface area (Å²) in [6.07, 6.45) is 0. The highest BCUT2D eigenvalue weighted by Gasteiger charge is 2.19. The molecular formula is C22H13N3O6. The maximum Gasteiger partial charge on any atom is 0.349 e. The highest BCUT2D eigenvalue weighted by molar-refractivity contribution is 6.03. The minimum absolute atomic E-state index is 0.0269. The zero-order chi connectivity index (χ0) is 21.7. The van der Waals surface area contributed by atoms with E-state index >= 15 is 0 Å². The Balaban J connectivity index is 1.62. The van der Waals surface area contributed by atoms with Gasteiger partial charge in [0.25, 0.3) is 0 Å². The third kappa shape index (κ3) is 2.99. The first-order valence-corrected chi connectivity index (χ1v) is 9.19. The van der Waals surface area contributed by atoms with Crippen LogP contribution in [0, 0.1) is 6.92 Å². The van der Waals surface area contributed by atoms with E-state index in [9.17, 15) is 19.5 Å². The predicted molar refractivity (Wildman–Crippen MR) is 112 cm³/mol. The predicted octanol–water partition coefficient (Wildman–Crippen LogP) is 4.32. The second-order valence-corrected chi connectivity index (χ2v) is 6.95. The van der Waals surface area contributed by atoms with Crippen LogP contribution in [0.4, 0.5) is 5.69 Å². The van der Waals surface area contributed by atoms with E-state index in [-0.39, 0.29) is 28.1 Å². The number of fused-ring (bicyclic) bond motifs is 4. The molecule has 0 radical (unpaired) electrons. The second kappa shape index (κ2) is 6.77. The fourth-order valence-electron chi connectivity index (χ4n) is 3.39. The van der Waals surface area contributed by atoms with Gasteiger partial charge in [0.1, 0.15) is 16.5 Å². The molecule has 0 bridgehead atoms. The number of aromatic nitrogens is 1. The summed E-state index contributed by atoms with van der Waals surface area (Å²) in [5.41, 5.74) is -0.377. The van der Waals surface area contributed by atoms with Gasteiger partial charge in [-0.1, -0.05) is 24.3 Å². The number of nitrogens with zero attached hydrogens (tertiary/aromatic N) is 2. The van der Waals surface area contributed by atoms with E-state index in [0.717, 1.165) is 11.6 Å². The van der Waals surface area contributed by atoms with Gasteiger partial charge in [-0.15, -0.1) is 10.2 Å². The van der Waals surface area contributed by atoms with Gasteiger partial charge < -0.3 is 18.9 Å². The van der Waals surface area contributed by atoms with Crippen LogP contribution in [0.2, 0.25) is 0 Å². The Morgan fingerprint density at radius 3 is 2.61 bits per heavy atom. The molecule has 31 heavy (non-hydrogen) atoms. The number of carbonyl (C=O) groups is 1. The first-order chi connectivity index (χ1) is 14.9. The number of carbonyl (C=O) groups excluding carboxylic acids is 1. The molecule has 0 unspecified atom stereocenters. The van der Waals surface area contributed by atoms with Gasteiger partial charge in [0.15, 0.2) is 11.3 Å². The molecule has 0 atom stereocenters. The van der Waals surface area contributed by atoms with Crippen molar-refractivity contribution in [2.45, 2.75) is 6.92 Å². The van der Waals surface area contributed by atoms with Gasteiger partial charge in [-0.05, 0) is 36.8 Å². The van der Waals surface area contributed by atoms with E-state index in [0.29, 0.717) is 16.3 Å². The van der Waals surface area contributed by atoms with Crippen LogP contribution in [0.25, 0.3) is 32.8 Å². The maximum absolute atomic E-state index is 12.5. The normalized spacial score (nSPS) is 11.8. The van der Waals surface area contributed by atoms with Gasteiger partial charge in [-0.25, -0.2) is 9.59 Å². The Morgan fingerprint density at radius 1 is 0.968 bits per heavy atom. The van der Waals surface area contributed by atoms with Crippen molar-refractivity contribution >= 4 is 44.4 Å². The molecule has 3 heterocycles. The fraction of sp³-hybridized carbons (Fsp3) is 0.0455. The molecule has 0 saturated heterocycles. The Bertz CT molecular complexity index is 1670. The van der Waals surface area contributed by atoms with Crippen molar-refractivity contribution < 1.29 is 18.7 Å². The summed E-state index contributed by atoms with van der Waals surface area (Å²) in [6, 6.07) is 13.1. The smallest absolute Gasteiger partial charge is 0.349 e. The number of para-hydroxylation sites is 1. The first-order valence-electron chi connectivity index (χ1n) is 9.19. The van der Waals surface area contributed by atoms with Crippen LogP contribution < -0.4 is 11.3 Å². The van der Waals surface area contributed by atoms with Crippen molar-refractivity contribution in [2.75, 3.05) is 0 Å². The first kappa shape index (κ1) is 18.5. The van der Waals surface area contributed by atoms with Gasteiger partial charge in [0.05, 0.1) is 10.9 Å².